The smallest absolute Gasteiger partial charge is 0.246 e. The number of nitrogens with two attached hydrogens (primary N) is 1. The molecule has 8 heteroatoms. The van der Waals surface area contributed by atoms with E-state index in [9.17, 15) is 8.42 Å². The maximum atomic E-state index is 12.4. The lowest BCUT2D eigenvalue weighted by Gasteiger charge is -2.17. The van der Waals surface area contributed by atoms with E-state index in [0.29, 0.717) is 24.9 Å². The Balaban J connectivity index is 0.00000133. The quantitative estimate of drug-likeness (QED) is 0.846. The van der Waals surface area contributed by atoms with Crippen molar-refractivity contribution >= 4 is 22.4 Å². The topological polar surface area (TPSA) is 81.2 Å². The minimum Gasteiger partial charge on any atom is -0.327 e. The van der Waals surface area contributed by atoms with Crippen LogP contribution >= 0.6 is 12.4 Å². The Kier molecular flexibility index (Phi) is 3.92. The van der Waals surface area contributed by atoms with E-state index in [1.54, 1.807) is 17.5 Å². The Bertz CT molecular complexity index is 559. The van der Waals surface area contributed by atoms with Gasteiger partial charge < -0.3 is 5.73 Å². The van der Waals surface area contributed by atoms with E-state index < -0.39 is 10.0 Å². The van der Waals surface area contributed by atoms with Crippen molar-refractivity contribution in [1.82, 2.24) is 14.1 Å². The molecule has 1 aliphatic carbocycles. The molecular formula is C11H19ClN4O2S. The van der Waals surface area contributed by atoms with E-state index in [4.69, 9.17) is 5.73 Å². The molecule has 6 nitrogen and oxygen atoms in total. The number of fused-ring (bicyclic) bond motifs is 1. The van der Waals surface area contributed by atoms with Gasteiger partial charge in [-0.1, -0.05) is 0 Å². The van der Waals surface area contributed by atoms with E-state index in [1.807, 2.05) is 0 Å². The summed E-state index contributed by atoms with van der Waals surface area (Å²) >= 11 is 0. The number of hydrogen-bond acceptors (Lipinski definition) is 4. The van der Waals surface area contributed by atoms with Crippen LogP contribution in [0.2, 0.25) is 0 Å². The Morgan fingerprint density at radius 3 is 2.68 bits per heavy atom. The van der Waals surface area contributed by atoms with Crippen LogP contribution in [0.1, 0.15) is 12.8 Å². The lowest BCUT2D eigenvalue weighted by atomic mass is 9.98. The molecule has 1 aromatic heterocycles. The molecule has 1 aliphatic heterocycles. The molecule has 3 atom stereocenters. The largest absolute Gasteiger partial charge is 0.327 e. The van der Waals surface area contributed by atoms with Crippen molar-refractivity contribution in [3.8, 4) is 0 Å². The normalized spacial score (nSPS) is 31.2. The van der Waals surface area contributed by atoms with Gasteiger partial charge >= 0.3 is 0 Å². The zero-order valence-corrected chi connectivity index (χ0v) is 12.4. The van der Waals surface area contributed by atoms with Crippen LogP contribution in [0.5, 0.6) is 0 Å². The molecule has 1 aromatic rings. The molecule has 108 valence electrons. The number of nitrogens with zero attached hydrogens (tertiary/aromatic N) is 3. The fourth-order valence-corrected chi connectivity index (χ4v) is 4.66. The number of halogens is 1. The van der Waals surface area contributed by atoms with Gasteiger partial charge in [0, 0.05) is 32.4 Å². The first-order chi connectivity index (χ1) is 8.48. The molecule has 0 radical (unpaired) electrons. The van der Waals surface area contributed by atoms with Crippen molar-refractivity contribution in [2.75, 3.05) is 13.1 Å². The molecule has 0 aromatic carbocycles. The van der Waals surface area contributed by atoms with Gasteiger partial charge in [0.1, 0.15) is 4.90 Å². The minimum absolute atomic E-state index is 0. The first-order valence-electron chi connectivity index (χ1n) is 6.23. The lowest BCUT2D eigenvalue weighted by molar-refractivity contribution is 0.427. The van der Waals surface area contributed by atoms with Crippen LogP contribution in [0.25, 0.3) is 0 Å². The number of rotatable bonds is 2. The van der Waals surface area contributed by atoms with Crippen molar-refractivity contribution in [3.05, 3.63) is 12.4 Å². The third-order valence-electron chi connectivity index (χ3n) is 4.20. The fourth-order valence-electron chi connectivity index (χ4n) is 3.14. The summed E-state index contributed by atoms with van der Waals surface area (Å²) in [5.74, 6) is 0.767. The highest BCUT2D eigenvalue weighted by molar-refractivity contribution is 7.89. The maximum absolute atomic E-state index is 12.4. The average Bonchev–Trinajstić information content (AvgIpc) is 2.96. The number of aromatic nitrogens is 2. The van der Waals surface area contributed by atoms with Gasteiger partial charge in [-0.25, -0.2) is 8.42 Å². The fraction of sp³-hybridized carbons (Fsp3) is 0.727. The Morgan fingerprint density at radius 1 is 1.37 bits per heavy atom. The van der Waals surface area contributed by atoms with E-state index >= 15 is 0 Å². The molecule has 3 unspecified atom stereocenters. The van der Waals surface area contributed by atoms with Crippen LogP contribution in [0.3, 0.4) is 0 Å². The lowest BCUT2D eigenvalue weighted by Crippen LogP contribution is -2.33. The molecule has 2 fully saturated rings. The summed E-state index contributed by atoms with van der Waals surface area (Å²) < 4.78 is 27.9. The van der Waals surface area contributed by atoms with Crippen LogP contribution in [0.4, 0.5) is 0 Å². The summed E-state index contributed by atoms with van der Waals surface area (Å²) in [5, 5.41) is 3.93. The van der Waals surface area contributed by atoms with Gasteiger partial charge in [-0.05, 0) is 24.7 Å². The molecule has 2 N–H and O–H groups in total. The van der Waals surface area contributed by atoms with Crippen LogP contribution in [0, 0.1) is 11.8 Å². The highest BCUT2D eigenvalue weighted by Gasteiger charge is 2.45. The van der Waals surface area contributed by atoms with Gasteiger partial charge in [0.25, 0.3) is 0 Å². The molecule has 1 saturated heterocycles. The summed E-state index contributed by atoms with van der Waals surface area (Å²) in [6, 6.07) is 0.157. The highest BCUT2D eigenvalue weighted by atomic mass is 35.5. The van der Waals surface area contributed by atoms with Crippen LogP contribution in [0.15, 0.2) is 17.3 Å². The Morgan fingerprint density at radius 2 is 2.11 bits per heavy atom. The molecule has 0 bridgehead atoms. The minimum atomic E-state index is -3.39. The summed E-state index contributed by atoms with van der Waals surface area (Å²) in [4.78, 5) is 0.276. The van der Waals surface area contributed by atoms with Gasteiger partial charge in [0.15, 0.2) is 0 Å². The molecule has 2 aliphatic rings. The number of aryl methyl sites for hydroxylation is 1. The molecule has 0 amide bonds. The van der Waals surface area contributed by atoms with Gasteiger partial charge in [0.05, 0.1) is 6.20 Å². The van der Waals surface area contributed by atoms with Crippen molar-refractivity contribution < 1.29 is 8.42 Å². The number of sulfonamides is 1. The summed E-state index contributed by atoms with van der Waals surface area (Å²) in [7, 11) is -1.67. The second kappa shape index (κ2) is 5.05. The average molecular weight is 307 g/mol. The Hall–Kier alpha value is -0.630. The highest BCUT2D eigenvalue weighted by Crippen LogP contribution is 2.39. The summed E-state index contributed by atoms with van der Waals surface area (Å²) in [5.41, 5.74) is 6.03. The Labute approximate surface area is 119 Å². The van der Waals surface area contributed by atoms with Crippen LogP contribution in [-0.4, -0.2) is 41.6 Å². The maximum Gasteiger partial charge on any atom is 0.246 e. The van der Waals surface area contributed by atoms with Crippen molar-refractivity contribution in [3.63, 3.8) is 0 Å². The zero-order valence-electron chi connectivity index (χ0n) is 10.8. The van der Waals surface area contributed by atoms with Crippen molar-refractivity contribution in [2.24, 2.45) is 24.6 Å². The van der Waals surface area contributed by atoms with E-state index in [1.165, 1.54) is 10.9 Å². The third-order valence-corrected chi connectivity index (χ3v) is 5.98. The summed E-state index contributed by atoms with van der Waals surface area (Å²) in [6.07, 6.45) is 5.02. The van der Waals surface area contributed by atoms with Gasteiger partial charge in [0.2, 0.25) is 10.0 Å². The molecule has 0 spiro atoms. The van der Waals surface area contributed by atoms with E-state index in [0.717, 1.165) is 12.8 Å². The first-order valence-corrected chi connectivity index (χ1v) is 7.67. The number of hydrogen-bond donors (Lipinski definition) is 1. The van der Waals surface area contributed by atoms with Crippen molar-refractivity contribution in [1.29, 1.82) is 0 Å². The van der Waals surface area contributed by atoms with E-state index in [-0.39, 0.29) is 23.3 Å². The second-order valence-corrected chi connectivity index (χ2v) is 7.27. The van der Waals surface area contributed by atoms with Crippen LogP contribution in [-0.2, 0) is 17.1 Å². The molecular weight excluding hydrogens is 288 g/mol. The third kappa shape index (κ3) is 2.40. The monoisotopic (exact) mass is 306 g/mol. The van der Waals surface area contributed by atoms with Gasteiger partial charge in [-0.2, -0.15) is 9.40 Å². The SMILES string of the molecule is Cl.Cn1cc(S(=O)(=O)N2CC3CCC(N)C3C2)cn1. The van der Waals surface area contributed by atoms with Crippen molar-refractivity contribution in [2.45, 2.75) is 23.8 Å². The molecule has 2 heterocycles. The molecule has 3 rings (SSSR count). The summed E-state index contributed by atoms with van der Waals surface area (Å²) in [6.45, 7) is 1.17. The predicted molar refractivity (Wildman–Crippen MR) is 73.4 cm³/mol. The molecule has 1 saturated carbocycles. The van der Waals surface area contributed by atoms with Gasteiger partial charge in [-0.3, -0.25) is 4.68 Å². The zero-order chi connectivity index (χ0) is 12.9. The standard InChI is InChI=1S/C11H18N4O2S.ClH/c1-14-6-9(4-13-14)18(16,17)15-5-8-2-3-11(12)10(8)7-15;/h4,6,8,10-11H,2-3,5,7,12H2,1H3;1H. The van der Waals surface area contributed by atoms with E-state index in [2.05, 4.69) is 5.10 Å². The van der Waals surface area contributed by atoms with Gasteiger partial charge in [-0.15, -0.1) is 12.4 Å². The second-order valence-electron chi connectivity index (χ2n) is 5.34. The van der Waals surface area contributed by atoms with Crippen LogP contribution < -0.4 is 5.73 Å². The predicted octanol–water partition coefficient (Wildman–Crippen LogP) is 0.200. The first kappa shape index (κ1) is 14.8. The molecule has 19 heavy (non-hydrogen) atoms.